The summed E-state index contributed by atoms with van der Waals surface area (Å²) in [5.41, 5.74) is 6.24. The summed E-state index contributed by atoms with van der Waals surface area (Å²) in [6.07, 6.45) is 1.76. The molecule has 206 valence electrons. The molecule has 2 aliphatic heterocycles. The first-order valence-electron chi connectivity index (χ1n) is 13.2. The molecule has 2 aliphatic rings. The highest BCUT2D eigenvalue weighted by molar-refractivity contribution is 5.72. The molecule has 2 fully saturated rings. The smallest absolute Gasteiger partial charge is 0.229 e. The number of anilines is 6. The second kappa shape index (κ2) is 13.8. The van der Waals surface area contributed by atoms with Crippen LogP contribution in [0.25, 0.3) is 0 Å². The van der Waals surface area contributed by atoms with E-state index in [1.165, 1.54) is 6.92 Å². The van der Waals surface area contributed by atoms with Gasteiger partial charge in [0.1, 0.15) is 5.82 Å². The third kappa shape index (κ3) is 7.35. The number of aryl methyl sites for hydroxylation is 1. The fourth-order valence-electron chi connectivity index (χ4n) is 4.64. The highest BCUT2D eigenvalue weighted by Crippen LogP contribution is 2.31. The summed E-state index contributed by atoms with van der Waals surface area (Å²) in [4.78, 5) is 16.0. The van der Waals surface area contributed by atoms with Gasteiger partial charge in [0.15, 0.2) is 0 Å². The molecule has 0 amide bonds. The Balaban J connectivity index is 0.00000112. The number of benzene rings is 2. The number of nitriles is 1. The van der Waals surface area contributed by atoms with Gasteiger partial charge in [0, 0.05) is 69.1 Å². The van der Waals surface area contributed by atoms with Gasteiger partial charge >= 0.3 is 0 Å². The Kier molecular flexibility index (Phi) is 9.91. The molecule has 0 atom stereocenters. The lowest BCUT2D eigenvalue weighted by molar-refractivity contribution is 0.122. The fourth-order valence-corrected chi connectivity index (χ4v) is 4.64. The van der Waals surface area contributed by atoms with Gasteiger partial charge in [-0.05, 0) is 48.4 Å². The first-order chi connectivity index (χ1) is 19.0. The van der Waals surface area contributed by atoms with Gasteiger partial charge in [-0.25, -0.2) is 4.98 Å². The number of hydrogen-bond donors (Lipinski definition) is 2. The van der Waals surface area contributed by atoms with E-state index in [9.17, 15) is 5.11 Å². The maximum Gasteiger partial charge on any atom is 0.229 e. The normalized spacial score (nSPS) is 15.2. The van der Waals surface area contributed by atoms with Crippen LogP contribution in [0.15, 0.2) is 48.7 Å². The topological polar surface area (TPSA) is 110 Å². The standard InChI is InChI=1S/C27H34N6O3.C2H3N/c1-20-3-4-21(19-34)15-25(20)31(2)26-5-6-28-27(30-26)29-22-16-23(32-7-11-35-12-8-32)18-24(17-22)33-9-13-36-14-10-33;1-2-3/h3-6,15-18,34H,7-14,19H2,1-2H3,(H,28,29,30);1H3. The number of hydrogen-bond acceptors (Lipinski definition) is 10. The fraction of sp³-hybridized carbons (Fsp3) is 0.414. The summed E-state index contributed by atoms with van der Waals surface area (Å²) < 4.78 is 11.1. The van der Waals surface area contributed by atoms with Crippen molar-refractivity contribution in [2.45, 2.75) is 20.5 Å². The van der Waals surface area contributed by atoms with Crippen molar-refractivity contribution < 1.29 is 14.6 Å². The Morgan fingerprint density at radius 3 is 2.13 bits per heavy atom. The molecule has 2 saturated heterocycles. The Bertz CT molecular complexity index is 1230. The number of morpholine rings is 2. The number of aliphatic hydroxyl groups is 1. The van der Waals surface area contributed by atoms with E-state index in [1.54, 1.807) is 12.3 Å². The van der Waals surface area contributed by atoms with Gasteiger partial charge in [-0.2, -0.15) is 10.2 Å². The molecule has 0 bridgehead atoms. The van der Waals surface area contributed by atoms with Gasteiger partial charge in [-0.1, -0.05) is 12.1 Å². The van der Waals surface area contributed by atoms with Gasteiger partial charge < -0.3 is 34.6 Å². The summed E-state index contributed by atoms with van der Waals surface area (Å²) in [7, 11) is 1.98. The summed E-state index contributed by atoms with van der Waals surface area (Å²) in [5, 5.41) is 20.3. The lowest BCUT2D eigenvalue weighted by atomic mass is 10.1. The first kappa shape index (κ1) is 28.1. The van der Waals surface area contributed by atoms with E-state index in [-0.39, 0.29) is 6.61 Å². The van der Waals surface area contributed by atoms with Crippen LogP contribution in [-0.2, 0) is 16.1 Å². The zero-order valence-electron chi connectivity index (χ0n) is 22.9. The first-order valence-corrected chi connectivity index (χ1v) is 13.2. The van der Waals surface area contributed by atoms with Crippen LogP contribution in [-0.4, -0.2) is 74.7 Å². The van der Waals surface area contributed by atoms with Gasteiger partial charge in [0.2, 0.25) is 5.95 Å². The van der Waals surface area contributed by atoms with Crippen LogP contribution in [0, 0.1) is 18.3 Å². The molecule has 0 spiro atoms. The minimum atomic E-state index is 0.00264. The molecule has 0 aliphatic carbocycles. The highest BCUT2D eigenvalue weighted by Gasteiger charge is 2.18. The molecule has 39 heavy (non-hydrogen) atoms. The van der Waals surface area contributed by atoms with Gasteiger partial charge in [0.25, 0.3) is 0 Å². The van der Waals surface area contributed by atoms with Crippen molar-refractivity contribution in [2.75, 3.05) is 79.7 Å². The minimum absolute atomic E-state index is 0.00264. The third-order valence-corrected chi connectivity index (χ3v) is 6.71. The summed E-state index contributed by atoms with van der Waals surface area (Å²) in [6.45, 7) is 9.91. The lowest BCUT2D eigenvalue weighted by Crippen LogP contribution is -2.38. The van der Waals surface area contributed by atoms with Crippen LogP contribution in [0.3, 0.4) is 0 Å². The molecule has 0 radical (unpaired) electrons. The number of ether oxygens (including phenoxy) is 2. The Morgan fingerprint density at radius 1 is 0.974 bits per heavy atom. The third-order valence-electron chi connectivity index (χ3n) is 6.71. The average Bonchev–Trinajstić information content (AvgIpc) is 2.98. The molecule has 10 heteroatoms. The van der Waals surface area contributed by atoms with Crippen molar-refractivity contribution in [2.24, 2.45) is 0 Å². The summed E-state index contributed by atoms with van der Waals surface area (Å²) in [6, 6.07) is 16.2. The van der Waals surface area contributed by atoms with Crippen molar-refractivity contribution in [3.8, 4) is 6.07 Å². The van der Waals surface area contributed by atoms with E-state index < -0.39 is 0 Å². The van der Waals surface area contributed by atoms with Crippen molar-refractivity contribution in [3.05, 3.63) is 59.8 Å². The second-order valence-corrected chi connectivity index (χ2v) is 9.36. The SMILES string of the molecule is CC#N.Cc1ccc(CO)cc1N(C)c1ccnc(Nc2cc(N3CCOCC3)cc(N3CCOCC3)c2)n1. The van der Waals surface area contributed by atoms with E-state index in [4.69, 9.17) is 19.7 Å². The lowest BCUT2D eigenvalue weighted by Gasteiger charge is -2.33. The van der Waals surface area contributed by atoms with E-state index >= 15 is 0 Å². The zero-order chi connectivity index (χ0) is 27.6. The minimum Gasteiger partial charge on any atom is -0.392 e. The van der Waals surface area contributed by atoms with E-state index in [1.807, 2.05) is 36.2 Å². The van der Waals surface area contributed by atoms with Crippen molar-refractivity contribution in [3.63, 3.8) is 0 Å². The molecular weight excluding hydrogens is 494 g/mol. The second-order valence-electron chi connectivity index (χ2n) is 9.36. The van der Waals surface area contributed by atoms with Crippen LogP contribution in [0.4, 0.5) is 34.5 Å². The van der Waals surface area contributed by atoms with Crippen molar-refractivity contribution >= 4 is 34.5 Å². The van der Waals surface area contributed by atoms with Crippen LogP contribution < -0.4 is 20.0 Å². The number of rotatable bonds is 7. The van der Waals surface area contributed by atoms with E-state index in [0.29, 0.717) is 5.95 Å². The largest absolute Gasteiger partial charge is 0.392 e. The maximum absolute atomic E-state index is 9.57. The predicted molar refractivity (Wildman–Crippen MR) is 154 cm³/mol. The van der Waals surface area contributed by atoms with Crippen molar-refractivity contribution in [1.29, 1.82) is 5.26 Å². The number of aromatic nitrogens is 2. The van der Waals surface area contributed by atoms with Crippen molar-refractivity contribution in [1.82, 2.24) is 9.97 Å². The number of nitrogens with one attached hydrogen (secondary N) is 1. The quantitative estimate of drug-likeness (QED) is 0.464. The number of aliphatic hydroxyl groups excluding tert-OH is 1. The molecular formula is C29H37N7O3. The Hall–Kier alpha value is -3.91. The zero-order valence-corrected chi connectivity index (χ0v) is 22.9. The number of nitrogens with zero attached hydrogens (tertiary/aromatic N) is 6. The Labute approximate surface area is 230 Å². The van der Waals surface area contributed by atoms with Gasteiger partial charge in [-0.3, -0.25) is 0 Å². The van der Waals surface area contributed by atoms with E-state index in [0.717, 1.165) is 92.3 Å². The molecule has 0 saturated carbocycles. The summed E-state index contributed by atoms with van der Waals surface area (Å²) >= 11 is 0. The highest BCUT2D eigenvalue weighted by atomic mass is 16.5. The van der Waals surface area contributed by atoms with Crippen LogP contribution >= 0.6 is 0 Å². The average molecular weight is 532 g/mol. The predicted octanol–water partition coefficient (Wildman–Crippen LogP) is 3.99. The van der Waals surface area contributed by atoms with E-state index in [2.05, 4.69) is 45.2 Å². The van der Waals surface area contributed by atoms with Crippen LogP contribution in [0.2, 0.25) is 0 Å². The maximum atomic E-state index is 9.57. The monoisotopic (exact) mass is 531 g/mol. The van der Waals surface area contributed by atoms with Crippen LogP contribution in [0.1, 0.15) is 18.1 Å². The molecule has 0 unspecified atom stereocenters. The Morgan fingerprint density at radius 2 is 1.56 bits per heavy atom. The van der Waals surface area contributed by atoms with Gasteiger partial charge in [-0.15, -0.1) is 0 Å². The molecule has 2 aromatic carbocycles. The van der Waals surface area contributed by atoms with Gasteiger partial charge in [0.05, 0.1) is 39.1 Å². The summed E-state index contributed by atoms with van der Waals surface area (Å²) in [5.74, 6) is 1.30. The molecule has 2 N–H and O–H groups in total. The molecule has 3 aromatic rings. The van der Waals surface area contributed by atoms with Crippen LogP contribution in [0.5, 0.6) is 0 Å². The molecule has 10 nitrogen and oxygen atoms in total. The molecule has 1 aromatic heterocycles. The molecule has 3 heterocycles. The molecule has 5 rings (SSSR count).